The van der Waals surface area contributed by atoms with Gasteiger partial charge in [-0.25, -0.2) is 0 Å². The number of nitrogens with one attached hydrogen (secondary N) is 1. The van der Waals surface area contributed by atoms with E-state index in [0.29, 0.717) is 10.8 Å². The van der Waals surface area contributed by atoms with E-state index in [2.05, 4.69) is 39.9 Å². The molecule has 1 unspecified atom stereocenters. The monoisotopic (exact) mass is 265 g/mol. The average molecular weight is 265 g/mol. The fraction of sp³-hybridized carbons (Fsp3) is 1.00. The van der Waals surface area contributed by atoms with Crippen LogP contribution in [0.3, 0.4) is 0 Å². The summed E-state index contributed by atoms with van der Waals surface area (Å²) in [6.45, 7) is 13.4. The van der Waals surface area contributed by atoms with Crippen molar-refractivity contribution in [1.82, 2.24) is 5.32 Å². The average Bonchev–Trinajstić information content (AvgIpc) is 2.65. The molecular weight excluding hydrogens is 230 g/mol. The first-order chi connectivity index (χ1) is 8.79. The molecule has 0 heterocycles. The molecule has 19 heavy (non-hydrogen) atoms. The summed E-state index contributed by atoms with van der Waals surface area (Å²) in [6.07, 6.45) is 10.0. The first-order valence-electron chi connectivity index (χ1n) is 8.52. The lowest BCUT2D eigenvalue weighted by Crippen LogP contribution is -2.41. The zero-order chi connectivity index (χ0) is 14.1. The molecule has 2 rings (SSSR count). The molecule has 0 radical (unpaired) electrons. The summed E-state index contributed by atoms with van der Waals surface area (Å²) in [5, 5.41) is 3.90. The van der Waals surface area contributed by atoms with Crippen LogP contribution >= 0.6 is 0 Å². The van der Waals surface area contributed by atoms with Gasteiger partial charge in [-0.1, -0.05) is 41.0 Å². The van der Waals surface area contributed by atoms with E-state index in [1.54, 1.807) is 0 Å². The van der Waals surface area contributed by atoms with Crippen molar-refractivity contribution >= 4 is 0 Å². The van der Waals surface area contributed by atoms with E-state index in [0.717, 1.165) is 17.9 Å². The van der Waals surface area contributed by atoms with Crippen molar-refractivity contribution in [2.75, 3.05) is 6.54 Å². The fourth-order valence-corrected chi connectivity index (χ4v) is 4.25. The molecule has 0 spiro atoms. The van der Waals surface area contributed by atoms with Crippen LogP contribution in [0.5, 0.6) is 0 Å². The smallest absolute Gasteiger partial charge is 0.0118 e. The predicted octanol–water partition coefficient (Wildman–Crippen LogP) is 5.01. The normalized spacial score (nSPS) is 35.5. The van der Waals surface area contributed by atoms with Crippen molar-refractivity contribution in [3.8, 4) is 0 Å². The minimum Gasteiger partial charge on any atom is -0.313 e. The van der Waals surface area contributed by atoms with Crippen LogP contribution in [-0.2, 0) is 0 Å². The second-order valence-electron chi connectivity index (χ2n) is 8.93. The van der Waals surface area contributed by atoms with Crippen molar-refractivity contribution in [3.05, 3.63) is 0 Å². The summed E-state index contributed by atoms with van der Waals surface area (Å²) in [5.41, 5.74) is 1.05. The van der Waals surface area contributed by atoms with Gasteiger partial charge in [-0.05, 0) is 67.7 Å². The van der Waals surface area contributed by atoms with Crippen LogP contribution in [0.15, 0.2) is 0 Å². The maximum absolute atomic E-state index is 3.90. The van der Waals surface area contributed by atoms with Crippen LogP contribution in [0, 0.1) is 22.7 Å². The van der Waals surface area contributed by atoms with Crippen molar-refractivity contribution in [3.63, 3.8) is 0 Å². The summed E-state index contributed by atoms with van der Waals surface area (Å²) in [4.78, 5) is 0. The molecule has 2 saturated carbocycles. The molecule has 2 fully saturated rings. The molecule has 112 valence electrons. The van der Waals surface area contributed by atoms with E-state index in [4.69, 9.17) is 0 Å². The van der Waals surface area contributed by atoms with Crippen molar-refractivity contribution in [2.45, 2.75) is 85.6 Å². The topological polar surface area (TPSA) is 12.0 Å². The van der Waals surface area contributed by atoms with Crippen molar-refractivity contribution < 1.29 is 0 Å². The Morgan fingerprint density at radius 2 is 1.63 bits per heavy atom. The van der Waals surface area contributed by atoms with Gasteiger partial charge >= 0.3 is 0 Å². The highest BCUT2D eigenvalue weighted by atomic mass is 14.9. The zero-order valence-corrected chi connectivity index (χ0v) is 13.9. The minimum atomic E-state index is 0.520. The van der Waals surface area contributed by atoms with E-state index < -0.39 is 0 Å². The highest BCUT2D eigenvalue weighted by Gasteiger charge is 2.35. The highest BCUT2D eigenvalue weighted by molar-refractivity contribution is 4.91. The van der Waals surface area contributed by atoms with Gasteiger partial charge in [0, 0.05) is 6.04 Å². The van der Waals surface area contributed by atoms with Crippen LogP contribution < -0.4 is 5.32 Å². The molecule has 0 aliphatic heterocycles. The van der Waals surface area contributed by atoms with Gasteiger partial charge < -0.3 is 5.32 Å². The maximum atomic E-state index is 3.90. The molecule has 0 bridgehead atoms. The highest BCUT2D eigenvalue weighted by Crippen LogP contribution is 2.40. The number of hydrogen-bond acceptors (Lipinski definition) is 1. The molecule has 2 aliphatic rings. The van der Waals surface area contributed by atoms with Crippen LogP contribution in [0.25, 0.3) is 0 Å². The molecule has 2 aliphatic carbocycles. The summed E-state index contributed by atoms with van der Waals surface area (Å²) in [5.74, 6) is 1.89. The third-order valence-corrected chi connectivity index (χ3v) is 5.98. The minimum absolute atomic E-state index is 0.520. The summed E-state index contributed by atoms with van der Waals surface area (Å²) < 4.78 is 0. The Balaban J connectivity index is 1.72. The van der Waals surface area contributed by atoms with Crippen LogP contribution in [0.2, 0.25) is 0 Å². The van der Waals surface area contributed by atoms with E-state index >= 15 is 0 Å². The fourth-order valence-electron chi connectivity index (χ4n) is 4.25. The third-order valence-electron chi connectivity index (χ3n) is 5.98. The van der Waals surface area contributed by atoms with E-state index in [9.17, 15) is 0 Å². The van der Waals surface area contributed by atoms with Gasteiger partial charge in [-0.15, -0.1) is 0 Å². The van der Waals surface area contributed by atoms with Gasteiger partial charge in [0.2, 0.25) is 0 Å². The molecule has 0 aromatic heterocycles. The van der Waals surface area contributed by atoms with Crippen LogP contribution in [-0.4, -0.2) is 12.6 Å². The molecule has 1 nitrogen and oxygen atoms in total. The Hall–Kier alpha value is -0.0400. The number of rotatable bonds is 3. The lowest BCUT2D eigenvalue weighted by Gasteiger charge is -2.38. The van der Waals surface area contributed by atoms with Crippen molar-refractivity contribution in [1.29, 1.82) is 0 Å². The van der Waals surface area contributed by atoms with E-state index in [-0.39, 0.29) is 0 Å². The Kier molecular flexibility index (Phi) is 4.65. The Morgan fingerprint density at radius 1 is 1.00 bits per heavy atom. The Bertz CT molecular complexity index is 279. The second kappa shape index (κ2) is 5.76. The standard InChI is InChI=1S/C18H35N/c1-17(2,3)15-10-8-14(9-11-15)13-19-16-7-6-12-18(16,4)5/h14-16,19H,6-13H2,1-5H3. The Labute approximate surface area is 120 Å². The predicted molar refractivity (Wildman–Crippen MR) is 84.3 cm³/mol. The number of hydrogen-bond donors (Lipinski definition) is 1. The molecule has 1 atom stereocenters. The van der Waals surface area contributed by atoms with E-state index in [1.165, 1.54) is 51.5 Å². The SMILES string of the molecule is CC(C)(C)C1CCC(CNC2CCCC2(C)C)CC1. The quantitative estimate of drug-likeness (QED) is 0.756. The molecule has 1 N–H and O–H groups in total. The largest absolute Gasteiger partial charge is 0.313 e. The molecule has 0 amide bonds. The van der Waals surface area contributed by atoms with Crippen LogP contribution in [0.1, 0.15) is 79.6 Å². The first-order valence-corrected chi connectivity index (χ1v) is 8.52. The summed E-state index contributed by atoms with van der Waals surface area (Å²) in [7, 11) is 0. The van der Waals surface area contributed by atoms with Crippen LogP contribution in [0.4, 0.5) is 0 Å². The molecule has 0 aromatic rings. The molecule has 1 heteroatoms. The van der Waals surface area contributed by atoms with Gasteiger partial charge in [-0.2, -0.15) is 0 Å². The molecule has 0 aromatic carbocycles. The summed E-state index contributed by atoms with van der Waals surface area (Å²) in [6, 6.07) is 0.771. The molecular formula is C18H35N. The Morgan fingerprint density at radius 3 is 2.11 bits per heavy atom. The van der Waals surface area contributed by atoms with Gasteiger partial charge in [-0.3, -0.25) is 0 Å². The third kappa shape index (κ3) is 3.97. The summed E-state index contributed by atoms with van der Waals surface area (Å²) >= 11 is 0. The second-order valence-corrected chi connectivity index (χ2v) is 8.93. The van der Waals surface area contributed by atoms with Gasteiger partial charge in [0.1, 0.15) is 0 Å². The van der Waals surface area contributed by atoms with E-state index in [1.807, 2.05) is 0 Å². The van der Waals surface area contributed by atoms with Gasteiger partial charge in [0.25, 0.3) is 0 Å². The molecule has 0 saturated heterocycles. The zero-order valence-electron chi connectivity index (χ0n) is 13.9. The van der Waals surface area contributed by atoms with Gasteiger partial charge in [0.05, 0.1) is 0 Å². The lowest BCUT2D eigenvalue weighted by atomic mass is 9.70. The maximum Gasteiger partial charge on any atom is 0.0118 e. The lowest BCUT2D eigenvalue weighted by molar-refractivity contribution is 0.144. The van der Waals surface area contributed by atoms with Gasteiger partial charge in [0.15, 0.2) is 0 Å². The first kappa shape index (κ1) is 15.4. The van der Waals surface area contributed by atoms with Crippen molar-refractivity contribution in [2.24, 2.45) is 22.7 Å².